The number of hydrogen-bond donors (Lipinski definition) is 1. The van der Waals surface area contributed by atoms with E-state index in [1.807, 2.05) is 31.2 Å². The molecule has 0 radical (unpaired) electrons. The van der Waals surface area contributed by atoms with Crippen molar-refractivity contribution in [2.24, 2.45) is 0 Å². The van der Waals surface area contributed by atoms with Crippen LogP contribution >= 0.6 is 0 Å². The normalized spacial score (nSPS) is 16.0. The minimum atomic E-state index is 0.0546. The predicted octanol–water partition coefficient (Wildman–Crippen LogP) is 3.58. The van der Waals surface area contributed by atoms with Crippen LogP contribution in [0.2, 0.25) is 0 Å². The maximum Gasteiger partial charge on any atom is 0.122 e. The fourth-order valence-electron chi connectivity index (χ4n) is 3.81. The van der Waals surface area contributed by atoms with Crippen LogP contribution in [0.25, 0.3) is 10.9 Å². The molecule has 3 aromatic rings. The Labute approximate surface area is 176 Å². The van der Waals surface area contributed by atoms with Gasteiger partial charge in [0.05, 0.1) is 36.5 Å². The molecular formula is C24H25N3O3. The van der Waals surface area contributed by atoms with E-state index in [4.69, 9.17) is 24.8 Å². The Morgan fingerprint density at radius 3 is 2.80 bits per heavy atom. The van der Waals surface area contributed by atoms with Crippen molar-refractivity contribution in [3.8, 4) is 11.8 Å². The molecule has 6 heteroatoms. The van der Waals surface area contributed by atoms with Crippen LogP contribution in [0.4, 0.5) is 5.69 Å². The third-order valence-corrected chi connectivity index (χ3v) is 5.31. The van der Waals surface area contributed by atoms with Gasteiger partial charge in [0.15, 0.2) is 0 Å². The molecule has 0 amide bonds. The van der Waals surface area contributed by atoms with Crippen molar-refractivity contribution in [1.82, 2.24) is 4.98 Å². The minimum absolute atomic E-state index is 0.0546. The van der Waals surface area contributed by atoms with Crippen molar-refractivity contribution in [2.75, 3.05) is 31.2 Å². The van der Waals surface area contributed by atoms with Crippen LogP contribution in [0.5, 0.6) is 5.75 Å². The summed E-state index contributed by atoms with van der Waals surface area (Å²) in [5.41, 5.74) is 4.68. The number of fused-ring (bicyclic) bond motifs is 1. The monoisotopic (exact) mass is 403 g/mol. The second-order valence-corrected chi connectivity index (χ2v) is 7.51. The highest BCUT2D eigenvalue weighted by Crippen LogP contribution is 2.32. The van der Waals surface area contributed by atoms with Gasteiger partial charge in [-0.1, -0.05) is 12.1 Å². The number of hydrogen-bond acceptors (Lipinski definition) is 6. The third-order valence-electron chi connectivity index (χ3n) is 5.31. The number of benzene rings is 2. The zero-order valence-electron chi connectivity index (χ0n) is 17.0. The highest BCUT2D eigenvalue weighted by atomic mass is 16.5. The van der Waals surface area contributed by atoms with Crippen molar-refractivity contribution in [1.29, 1.82) is 5.26 Å². The molecule has 1 aromatic heterocycles. The number of aryl methyl sites for hydroxylation is 1. The fourth-order valence-corrected chi connectivity index (χ4v) is 3.81. The minimum Gasteiger partial charge on any atom is -0.489 e. The lowest BCUT2D eigenvalue weighted by Crippen LogP contribution is -2.24. The number of nitrogens with zero attached hydrogens (tertiary/aromatic N) is 3. The van der Waals surface area contributed by atoms with E-state index in [1.54, 1.807) is 12.1 Å². The quantitative estimate of drug-likeness (QED) is 0.650. The number of pyridine rings is 1. The molecule has 2 heterocycles. The summed E-state index contributed by atoms with van der Waals surface area (Å²) in [5.74, 6) is 0.765. The van der Waals surface area contributed by atoms with Gasteiger partial charge in [-0.3, -0.25) is 4.98 Å². The Kier molecular flexibility index (Phi) is 6.12. The molecule has 1 unspecified atom stereocenters. The summed E-state index contributed by atoms with van der Waals surface area (Å²) in [6.07, 6.45) is 1.10. The van der Waals surface area contributed by atoms with Crippen LogP contribution in [-0.2, 0) is 11.3 Å². The van der Waals surface area contributed by atoms with E-state index in [0.29, 0.717) is 18.8 Å². The standard InChI is InChI=1S/C24H25N3O3/c1-17-12-24(27-9-8-21(15-27)29-11-10-28)22-7-6-20(13-23(22)26-17)30-16-19-4-2-18(14-25)3-5-19/h2-7,12-13,21,28H,8-11,15-16H2,1H3. The van der Waals surface area contributed by atoms with Gasteiger partial charge in [-0.2, -0.15) is 5.26 Å². The van der Waals surface area contributed by atoms with Crippen LogP contribution in [0.1, 0.15) is 23.2 Å². The SMILES string of the molecule is Cc1cc(N2CCC(OCCO)C2)c2ccc(OCc3ccc(C#N)cc3)cc2n1. The van der Waals surface area contributed by atoms with E-state index >= 15 is 0 Å². The zero-order chi connectivity index (χ0) is 20.9. The first-order chi connectivity index (χ1) is 14.7. The molecule has 4 rings (SSSR count). The second kappa shape index (κ2) is 9.12. The number of ether oxygens (including phenoxy) is 2. The number of aromatic nitrogens is 1. The van der Waals surface area contributed by atoms with E-state index < -0.39 is 0 Å². The predicted molar refractivity (Wildman–Crippen MR) is 116 cm³/mol. The molecule has 1 aliphatic rings. The summed E-state index contributed by atoms with van der Waals surface area (Å²) < 4.78 is 11.7. The number of nitriles is 1. The third kappa shape index (κ3) is 4.54. The summed E-state index contributed by atoms with van der Waals surface area (Å²) in [6, 6.07) is 17.7. The van der Waals surface area contributed by atoms with Crippen molar-refractivity contribution in [3.05, 3.63) is 65.4 Å². The highest BCUT2D eigenvalue weighted by Gasteiger charge is 2.24. The van der Waals surface area contributed by atoms with E-state index in [1.165, 1.54) is 0 Å². The molecule has 30 heavy (non-hydrogen) atoms. The smallest absolute Gasteiger partial charge is 0.122 e. The van der Waals surface area contributed by atoms with Crippen LogP contribution in [0, 0.1) is 18.3 Å². The Balaban J connectivity index is 1.51. The van der Waals surface area contributed by atoms with Gasteiger partial charge >= 0.3 is 0 Å². The molecule has 0 aliphatic carbocycles. The molecule has 1 atom stereocenters. The van der Waals surface area contributed by atoms with E-state index in [-0.39, 0.29) is 12.7 Å². The molecule has 0 spiro atoms. The van der Waals surface area contributed by atoms with Gasteiger partial charge in [0.25, 0.3) is 0 Å². The molecular weight excluding hydrogens is 378 g/mol. The van der Waals surface area contributed by atoms with Crippen molar-refractivity contribution in [2.45, 2.75) is 26.1 Å². The molecule has 1 saturated heterocycles. The fraction of sp³-hybridized carbons (Fsp3) is 0.333. The van der Waals surface area contributed by atoms with Gasteiger partial charge in [-0.15, -0.1) is 0 Å². The summed E-state index contributed by atoms with van der Waals surface area (Å²) in [6.45, 7) is 4.61. The molecule has 1 aliphatic heterocycles. The number of anilines is 1. The Bertz CT molecular complexity index is 1060. The van der Waals surface area contributed by atoms with Gasteiger partial charge in [0.2, 0.25) is 0 Å². The van der Waals surface area contributed by atoms with Gasteiger partial charge < -0.3 is 19.5 Å². The van der Waals surface area contributed by atoms with Crippen molar-refractivity contribution < 1.29 is 14.6 Å². The van der Waals surface area contributed by atoms with Crippen LogP contribution < -0.4 is 9.64 Å². The average molecular weight is 403 g/mol. The molecule has 2 aromatic carbocycles. The first kappa shape index (κ1) is 20.1. The van der Waals surface area contributed by atoms with Crippen LogP contribution in [0.3, 0.4) is 0 Å². The molecule has 154 valence electrons. The average Bonchev–Trinajstić information content (AvgIpc) is 3.24. The number of rotatable bonds is 7. The number of aliphatic hydroxyl groups is 1. The maximum absolute atomic E-state index is 8.98. The first-order valence-corrected chi connectivity index (χ1v) is 10.2. The van der Waals surface area contributed by atoms with E-state index in [0.717, 1.165) is 53.1 Å². The Hall–Kier alpha value is -3.14. The molecule has 1 fully saturated rings. The lowest BCUT2D eigenvalue weighted by Gasteiger charge is -2.21. The summed E-state index contributed by atoms with van der Waals surface area (Å²) in [7, 11) is 0. The number of aliphatic hydroxyl groups excluding tert-OH is 1. The van der Waals surface area contributed by atoms with Crippen molar-refractivity contribution in [3.63, 3.8) is 0 Å². The van der Waals surface area contributed by atoms with Crippen LogP contribution in [0.15, 0.2) is 48.5 Å². The molecule has 6 nitrogen and oxygen atoms in total. The summed E-state index contributed by atoms with van der Waals surface area (Å²) in [4.78, 5) is 7.04. The molecule has 0 saturated carbocycles. The van der Waals surface area contributed by atoms with Gasteiger partial charge in [-0.25, -0.2) is 0 Å². The topological polar surface area (TPSA) is 78.6 Å². The van der Waals surface area contributed by atoms with Gasteiger partial charge in [0, 0.05) is 35.9 Å². The van der Waals surface area contributed by atoms with Crippen LogP contribution in [-0.4, -0.2) is 42.5 Å². The highest BCUT2D eigenvalue weighted by molar-refractivity contribution is 5.93. The molecule has 0 bridgehead atoms. The maximum atomic E-state index is 8.98. The lowest BCUT2D eigenvalue weighted by molar-refractivity contribution is 0.0411. The zero-order valence-corrected chi connectivity index (χ0v) is 17.0. The lowest BCUT2D eigenvalue weighted by atomic mass is 10.1. The Morgan fingerprint density at radius 1 is 1.20 bits per heavy atom. The van der Waals surface area contributed by atoms with E-state index in [2.05, 4.69) is 23.1 Å². The van der Waals surface area contributed by atoms with Crippen molar-refractivity contribution >= 4 is 16.6 Å². The Morgan fingerprint density at radius 2 is 2.03 bits per heavy atom. The summed E-state index contributed by atoms with van der Waals surface area (Å²) in [5, 5.41) is 19.0. The second-order valence-electron chi connectivity index (χ2n) is 7.51. The van der Waals surface area contributed by atoms with Gasteiger partial charge in [0.1, 0.15) is 12.4 Å². The molecule has 1 N–H and O–H groups in total. The summed E-state index contributed by atoms with van der Waals surface area (Å²) >= 11 is 0. The first-order valence-electron chi connectivity index (χ1n) is 10.2. The van der Waals surface area contributed by atoms with Gasteiger partial charge in [-0.05, 0) is 49.2 Å². The largest absolute Gasteiger partial charge is 0.489 e. The van der Waals surface area contributed by atoms with E-state index in [9.17, 15) is 0 Å².